The van der Waals surface area contributed by atoms with Crippen molar-refractivity contribution >= 4 is 17.3 Å². The Morgan fingerprint density at radius 1 is 0.818 bits per heavy atom. The van der Waals surface area contributed by atoms with Gasteiger partial charge in [0.25, 0.3) is 0 Å². The highest BCUT2D eigenvalue weighted by Crippen LogP contribution is 2.36. The lowest BCUT2D eigenvalue weighted by Gasteiger charge is -2.14. The van der Waals surface area contributed by atoms with Crippen LogP contribution >= 0.6 is 11.6 Å². The smallest absolute Gasteiger partial charge is 0.168 e. The molecule has 0 heterocycles. The molecule has 2 N–H and O–H groups in total. The van der Waals surface area contributed by atoms with Gasteiger partial charge in [0.15, 0.2) is 5.75 Å². The van der Waals surface area contributed by atoms with Crippen molar-refractivity contribution in [3.8, 4) is 11.5 Å². The number of anilines is 1. The van der Waals surface area contributed by atoms with Crippen LogP contribution in [0.5, 0.6) is 11.5 Å². The molecule has 0 amide bonds. The van der Waals surface area contributed by atoms with Gasteiger partial charge in [-0.1, -0.05) is 66.2 Å². The van der Waals surface area contributed by atoms with Crippen LogP contribution in [-0.2, 0) is 6.42 Å². The fourth-order valence-electron chi connectivity index (χ4n) is 2.31. The molecule has 0 aliphatic carbocycles. The number of hydrogen-bond donors (Lipinski definition) is 1. The molecule has 0 aliphatic rings. The van der Waals surface area contributed by atoms with Gasteiger partial charge < -0.3 is 10.5 Å². The topological polar surface area (TPSA) is 35.2 Å². The Hall–Kier alpha value is -2.45. The largest absolute Gasteiger partial charge is 0.453 e. The summed E-state index contributed by atoms with van der Waals surface area (Å²) in [6.07, 6.45) is 0.793. The lowest BCUT2D eigenvalue weighted by atomic mass is 10.0. The van der Waals surface area contributed by atoms with Crippen molar-refractivity contribution in [3.05, 3.63) is 88.9 Å². The zero-order chi connectivity index (χ0) is 15.4. The van der Waals surface area contributed by atoms with E-state index in [0.29, 0.717) is 16.5 Å². The summed E-state index contributed by atoms with van der Waals surface area (Å²) in [7, 11) is 0. The lowest BCUT2D eigenvalue weighted by Crippen LogP contribution is -1.96. The van der Waals surface area contributed by atoms with Crippen molar-refractivity contribution < 1.29 is 4.74 Å². The quantitative estimate of drug-likeness (QED) is 0.663. The van der Waals surface area contributed by atoms with E-state index in [1.807, 2.05) is 36.4 Å². The van der Waals surface area contributed by atoms with Crippen LogP contribution < -0.4 is 10.5 Å². The van der Waals surface area contributed by atoms with E-state index >= 15 is 0 Å². The summed E-state index contributed by atoms with van der Waals surface area (Å²) < 4.78 is 5.99. The van der Waals surface area contributed by atoms with E-state index in [1.54, 1.807) is 18.2 Å². The third-order valence-corrected chi connectivity index (χ3v) is 3.72. The number of hydrogen-bond acceptors (Lipinski definition) is 2. The number of para-hydroxylation sites is 2. The molecular formula is C19H16ClNO. The summed E-state index contributed by atoms with van der Waals surface area (Å²) in [6, 6.07) is 23.6. The number of ether oxygens (including phenoxy) is 1. The predicted octanol–water partition coefficient (Wildman–Crippen LogP) is 5.31. The van der Waals surface area contributed by atoms with Gasteiger partial charge in [-0.2, -0.15) is 0 Å². The van der Waals surface area contributed by atoms with Crippen LogP contribution in [0.3, 0.4) is 0 Å². The van der Waals surface area contributed by atoms with Gasteiger partial charge >= 0.3 is 0 Å². The molecule has 0 bridgehead atoms. The standard InChI is InChI=1S/C19H16ClNO/c20-16-10-6-11-17(21)19(16)22-18-12-5-4-9-15(18)13-14-7-2-1-3-8-14/h1-12H,13,21H2. The summed E-state index contributed by atoms with van der Waals surface area (Å²) in [6.45, 7) is 0. The average Bonchev–Trinajstić information content (AvgIpc) is 2.54. The van der Waals surface area contributed by atoms with E-state index in [-0.39, 0.29) is 0 Å². The Morgan fingerprint density at radius 3 is 2.32 bits per heavy atom. The van der Waals surface area contributed by atoms with Crippen LogP contribution in [0.2, 0.25) is 5.02 Å². The molecule has 3 rings (SSSR count). The van der Waals surface area contributed by atoms with E-state index in [9.17, 15) is 0 Å². The molecule has 0 aliphatic heterocycles. The number of halogens is 1. The van der Waals surface area contributed by atoms with Gasteiger partial charge in [0, 0.05) is 6.42 Å². The number of nitrogen functional groups attached to an aromatic ring is 1. The molecular weight excluding hydrogens is 294 g/mol. The molecule has 0 fully saturated rings. The summed E-state index contributed by atoms with van der Waals surface area (Å²) >= 11 is 6.19. The SMILES string of the molecule is Nc1cccc(Cl)c1Oc1ccccc1Cc1ccccc1. The molecule has 0 aromatic heterocycles. The van der Waals surface area contributed by atoms with Crippen molar-refractivity contribution in [2.75, 3.05) is 5.73 Å². The van der Waals surface area contributed by atoms with E-state index in [2.05, 4.69) is 18.2 Å². The Balaban J connectivity index is 1.92. The molecule has 3 heteroatoms. The lowest BCUT2D eigenvalue weighted by molar-refractivity contribution is 0.480. The molecule has 0 atom stereocenters. The second kappa shape index (κ2) is 6.54. The van der Waals surface area contributed by atoms with Crippen molar-refractivity contribution in [1.29, 1.82) is 0 Å². The molecule has 0 saturated heterocycles. The van der Waals surface area contributed by atoms with Crippen molar-refractivity contribution in [2.24, 2.45) is 0 Å². The zero-order valence-electron chi connectivity index (χ0n) is 12.0. The van der Waals surface area contributed by atoms with Crippen molar-refractivity contribution in [1.82, 2.24) is 0 Å². The van der Waals surface area contributed by atoms with Gasteiger partial charge in [0.2, 0.25) is 0 Å². The minimum Gasteiger partial charge on any atom is -0.453 e. The summed E-state index contributed by atoms with van der Waals surface area (Å²) in [5.74, 6) is 1.27. The number of benzene rings is 3. The molecule has 0 spiro atoms. The van der Waals surface area contributed by atoms with Gasteiger partial charge in [-0.25, -0.2) is 0 Å². The first-order valence-corrected chi connectivity index (χ1v) is 7.45. The summed E-state index contributed by atoms with van der Waals surface area (Å²) in [5, 5.41) is 0.509. The molecule has 22 heavy (non-hydrogen) atoms. The second-order valence-corrected chi connectivity index (χ2v) is 5.44. The Labute approximate surface area is 135 Å². The van der Waals surface area contributed by atoms with Crippen LogP contribution in [0.4, 0.5) is 5.69 Å². The van der Waals surface area contributed by atoms with Gasteiger partial charge in [-0.15, -0.1) is 0 Å². The van der Waals surface area contributed by atoms with E-state index < -0.39 is 0 Å². The highest BCUT2D eigenvalue weighted by molar-refractivity contribution is 6.32. The van der Waals surface area contributed by atoms with E-state index in [4.69, 9.17) is 22.1 Å². The van der Waals surface area contributed by atoms with Crippen LogP contribution in [0.15, 0.2) is 72.8 Å². The molecule has 0 unspecified atom stereocenters. The summed E-state index contributed by atoms with van der Waals surface area (Å²) in [5.41, 5.74) is 8.81. The zero-order valence-corrected chi connectivity index (χ0v) is 12.8. The fraction of sp³-hybridized carbons (Fsp3) is 0.0526. The highest BCUT2D eigenvalue weighted by Gasteiger charge is 2.10. The van der Waals surface area contributed by atoms with Gasteiger partial charge in [-0.05, 0) is 29.3 Å². The third kappa shape index (κ3) is 3.23. The first-order valence-electron chi connectivity index (χ1n) is 7.08. The normalized spacial score (nSPS) is 10.4. The minimum atomic E-state index is 0.504. The maximum atomic E-state index is 6.19. The van der Waals surface area contributed by atoms with Crippen LogP contribution in [0.1, 0.15) is 11.1 Å². The molecule has 0 saturated carbocycles. The van der Waals surface area contributed by atoms with Crippen LogP contribution in [0.25, 0.3) is 0 Å². The van der Waals surface area contributed by atoms with Crippen molar-refractivity contribution in [3.63, 3.8) is 0 Å². The maximum absolute atomic E-state index is 6.19. The van der Waals surface area contributed by atoms with Gasteiger partial charge in [0.1, 0.15) is 5.75 Å². The third-order valence-electron chi connectivity index (χ3n) is 3.42. The second-order valence-electron chi connectivity index (χ2n) is 5.03. The molecule has 110 valence electrons. The number of rotatable bonds is 4. The Morgan fingerprint density at radius 2 is 1.55 bits per heavy atom. The van der Waals surface area contributed by atoms with E-state index in [1.165, 1.54) is 5.56 Å². The first kappa shape index (κ1) is 14.5. The Kier molecular flexibility index (Phi) is 4.31. The highest BCUT2D eigenvalue weighted by atomic mass is 35.5. The van der Waals surface area contributed by atoms with Crippen LogP contribution in [-0.4, -0.2) is 0 Å². The monoisotopic (exact) mass is 309 g/mol. The van der Waals surface area contributed by atoms with Gasteiger partial charge in [0.05, 0.1) is 10.7 Å². The predicted molar refractivity (Wildman–Crippen MR) is 91.6 cm³/mol. The Bertz CT molecular complexity index is 751. The summed E-state index contributed by atoms with van der Waals surface area (Å²) in [4.78, 5) is 0. The first-order chi connectivity index (χ1) is 10.7. The maximum Gasteiger partial charge on any atom is 0.168 e. The fourth-order valence-corrected chi connectivity index (χ4v) is 2.53. The number of nitrogens with two attached hydrogens (primary N) is 1. The molecule has 3 aromatic carbocycles. The van der Waals surface area contributed by atoms with Crippen LogP contribution in [0, 0.1) is 0 Å². The minimum absolute atomic E-state index is 0.504. The van der Waals surface area contributed by atoms with Gasteiger partial charge in [-0.3, -0.25) is 0 Å². The molecule has 2 nitrogen and oxygen atoms in total. The average molecular weight is 310 g/mol. The van der Waals surface area contributed by atoms with E-state index in [0.717, 1.165) is 17.7 Å². The molecule has 0 radical (unpaired) electrons. The van der Waals surface area contributed by atoms with Crippen molar-refractivity contribution in [2.45, 2.75) is 6.42 Å². The molecule has 3 aromatic rings.